The number of benzene rings is 1. The fraction of sp³-hybridized carbons (Fsp3) is 0.588. The second-order valence-electron chi connectivity index (χ2n) is 6.49. The summed E-state index contributed by atoms with van der Waals surface area (Å²) in [5.74, 6) is 0.138. The van der Waals surface area contributed by atoms with Crippen molar-refractivity contribution in [2.24, 2.45) is 0 Å². The van der Waals surface area contributed by atoms with Gasteiger partial charge in [0.05, 0.1) is 19.3 Å². The molecule has 0 aromatic heterocycles. The number of likely N-dealkylation sites (tertiary alicyclic amines) is 1. The Hall–Kier alpha value is -1.63. The lowest BCUT2D eigenvalue weighted by Gasteiger charge is -2.24. The maximum atomic E-state index is 10.8. The first-order valence-electron chi connectivity index (χ1n) is 8.10. The molecule has 0 amide bonds. The summed E-state index contributed by atoms with van der Waals surface area (Å²) in [5, 5.41) is 19.1. The third-order valence-corrected chi connectivity index (χ3v) is 4.76. The van der Waals surface area contributed by atoms with Crippen molar-refractivity contribution in [2.45, 2.75) is 25.0 Å². The largest absolute Gasteiger partial charge is 0.493 e. The van der Waals surface area contributed by atoms with E-state index >= 15 is 0 Å². The average molecular weight is 320 g/mol. The average Bonchev–Trinajstić information content (AvgIpc) is 3.10. The lowest BCUT2D eigenvalue weighted by atomic mass is 10.1. The summed E-state index contributed by atoms with van der Waals surface area (Å²) in [5.41, 5.74) is 2.56. The molecule has 0 unspecified atom stereocenters. The number of fused-ring (bicyclic) bond motifs is 1. The minimum absolute atomic E-state index is 0.0413. The van der Waals surface area contributed by atoms with Crippen molar-refractivity contribution in [3.05, 3.63) is 29.3 Å². The molecule has 6 heteroatoms. The number of aliphatic carboxylic acids is 1. The molecular weight excluding hydrogens is 296 g/mol. The number of ether oxygens (including phenoxy) is 1. The van der Waals surface area contributed by atoms with E-state index in [1.165, 1.54) is 11.1 Å². The third-order valence-electron chi connectivity index (χ3n) is 4.76. The monoisotopic (exact) mass is 320 g/mol. The van der Waals surface area contributed by atoms with Crippen LogP contribution in [0.5, 0.6) is 5.75 Å². The smallest absolute Gasteiger partial charge is 0.317 e. The number of carboxylic acid groups (broad SMARTS) is 1. The Morgan fingerprint density at radius 2 is 2.26 bits per heavy atom. The van der Waals surface area contributed by atoms with Crippen molar-refractivity contribution in [3.8, 4) is 5.75 Å². The van der Waals surface area contributed by atoms with Crippen LogP contribution in [0.25, 0.3) is 0 Å². The number of likely N-dealkylation sites (N-methyl/N-ethyl adjacent to an activating group) is 1. The van der Waals surface area contributed by atoms with Gasteiger partial charge in [-0.3, -0.25) is 14.6 Å². The van der Waals surface area contributed by atoms with Crippen LogP contribution in [-0.4, -0.2) is 78.0 Å². The second-order valence-corrected chi connectivity index (χ2v) is 6.49. The molecule has 0 aliphatic carbocycles. The van der Waals surface area contributed by atoms with Crippen LogP contribution in [0.15, 0.2) is 18.2 Å². The first kappa shape index (κ1) is 16.2. The third kappa shape index (κ3) is 3.83. The molecule has 2 aliphatic heterocycles. The molecule has 0 saturated carbocycles. The van der Waals surface area contributed by atoms with Crippen LogP contribution in [0.2, 0.25) is 0 Å². The molecule has 126 valence electrons. The molecule has 2 atom stereocenters. The quantitative estimate of drug-likeness (QED) is 0.781. The molecule has 0 spiro atoms. The molecule has 23 heavy (non-hydrogen) atoms. The zero-order chi connectivity index (χ0) is 16.4. The summed E-state index contributed by atoms with van der Waals surface area (Å²) in [4.78, 5) is 14.7. The van der Waals surface area contributed by atoms with Crippen LogP contribution in [-0.2, 0) is 17.6 Å². The van der Waals surface area contributed by atoms with Gasteiger partial charge in [0, 0.05) is 32.1 Å². The van der Waals surface area contributed by atoms with Crippen molar-refractivity contribution in [3.63, 3.8) is 0 Å². The molecule has 1 aromatic carbocycles. The van der Waals surface area contributed by atoms with Crippen LogP contribution in [0, 0.1) is 0 Å². The lowest BCUT2D eigenvalue weighted by Crippen LogP contribution is -2.43. The molecule has 0 radical (unpaired) electrons. The van der Waals surface area contributed by atoms with Gasteiger partial charge in [0.15, 0.2) is 0 Å². The zero-order valence-corrected chi connectivity index (χ0v) is 13.4. The highest BCUT2D eigenvalue weighted by atomic mass is 16.5. The van der Waals surface area contributed by atoms with Crippen LogP contribution in [0.4, 0.5) is 0 Å². The standard InChI is InChI=1S/C17H24N2O4/c1-18(11-17(21)22)14-9-19(10-15(14)20)6-4-12-2-3-16-13(8-12)5-7-23-16/h2-3,8,14-15,20H,4-7,9-11H2,1H3,(H,21,22)/t14-,15+/m0/s1. The van der Waals surface area contributed by atoms with E-state index in [1.54, 1.807) is 11.9 Å². The fourth-order valence-electron chi connectivity index (χ4n) is 3.48. The Bertz CT molecular complexity index is 578. The van der Waals surface area contributed by atoms with Gasteiger partial charge in [-0.1, -0.05) is 12.1 Å². The number of β-amino-alcohol motifs (C(OH)–C–C–N with tert-alkyl or cyclic N) is 1. The molecule has 2 heterocycles. The topological polar surface area (TPSA) is 73.2 Å². The zero-order valence-electron chi connectivity index (χ0n) is 13.4. The Balaban J connectivity index is 1.52. The summed E-state index contributed by atoms with van der Waals surface area (Å²) in [7, 11) is 1.76. The predicted octanol–water partition coefficient (Wildman–Crippen LogP) is 0.226. The molecule has 2 N–H and O–H groups in total. The van der Waals surface area contributed by atoms with Crippen LogP contribution >= 0.6 is 0 Å². The number of hydrogen-bond donors (Lipinski definition) is 2. The van der Waals surface area contributed by atoms with E-state index in [9.17, 15) is 9.90 Å². The first-order valence-corrected chi connectivity index (χ1v) is 8.10. The molecule has 1 aromatic rings. The Morgan fingerprint density at radius 3 is 3.04 bits per heavy atom. The number of carbonyl (C=O) groups is 1. The van der Waals surface area contributed by atoms with E-state index in [0.717, 1.165) is 31.7 Å². The molecule has 1 fully saturated rings. The first-order chi connectivity index (χ1) is 11.0. The molecule has 2 aliphatic rings. The van der Waals surface area contributed by atoms with Crippen LogP contribution in [0.1, 0.15) is 11.1 Å². The Kier molecular flexibility index (Phi) is 4.84. The highest BCUT2D eigenvalue weighted by molar-refractivity contribution is 5.69. The van der Waals surface area contributed by atoms with Gasteiger partial charge in [-0.25, -0.2) is 0 Å². The van der Waals surface area contributed by atoms with Gasteiger partial charge >= 0.3 is 5.97 Å². The van der Waals surface area contributed by atoms with Gasteiger partial charge in [0.1, 0.15) is 5.75 Å². The summed E-state index contributed by atoms with van der Waals surface area (Å²) < 4.78 is 5.52. The lowest BCUT2D eigenvalue weighted by molar-refractivity contribution is -0.138. The number of rotatable bonds is 6. The highest BCUT2D eigenvalue weighted by Gasteiger charge is 2.34. The maximum Gasteiger partial charge on any atom is 0.317 e. The van der Waals surface area contributed by atoms with Gasteiger partial charge in [-0.05, 0) is 30.7 Å². The number of aliphatic hydroxyl groups is 1. The highest BCUT2D eigenvalue weighted by Crippen LogP contribution is 2.26. The van der Waals surface area contributed by atoms with Crippen LogP contribution in [0.3, 0.4) is 0 Å². The van der Waals surface area contributed by atoms with Crippen molar-refractivity contribution in [1.82, 2.24) is 9.80 Å². The number of hydrogen-bond acceptors (Lipinski definition) is 5. The van der Waals surface area contributed by atoms with Gasteiger partial charge in [-0.15, -0.1) is 0 Å². The predicted molar refractivity (Wildman–Crippen MR) is 85.8 cm³/mol. The molecule has 0 bridgehead atoms. The Labute approximate surface area is 136 Å². The van der Waals surface area contributed by atoms with E-state index in [0.29, 0.717) is 13.1 Å². The molecule has 1 saturated heterocycles. The number of aliphatic hydroxyl groups excluding tert-OH is 1. The number of carboxylic acids is 1. The maximum absolute atomic E-state index is 10.8. The minimum atomic E-state index is -0.862. The molecule has 3 rings (SSSR count). The van der Waals surface area contributed by atoms with Crippen molar-refractivity contribution in [1.29, 1.82) is 0 Å². The Morgan fingerprint density at radius 1 is 1.43 bits per heavy atom. The van der Waals surface area contributed by atoms with Crippen LogP contribution < -0.4 is 4.74 Å². The SMILES string of the molecule is CN(CC(=O)O)[C@H]1CN(CCc2ccc3c(c2)CCO3)C[C@H]1O. The van der Waals surface area contributed by atoms with E-state index in [4.69, 9.17) is 9.84 Å². The van der Waals surface area contributed by atoms with Gasteiger partial charge in [-0.2, -0.15) is 0 Å². The molecule has 6 nitrogen and oxygen atoms in total. The van der Waals surface area contributed by atoms with E-state index in [-0.39, 0.29) is 12.6 Å². The van der Waals surface area contributed by atoms with E-state index < -0.39 is 12.1 Å². The summed E-state index contributed by atoms with van der Waals surface area (Å²) in [6.07, 6.45) is 1.41. The van der Waals surface area contributed by atoms with Gasteiger partial charge < -0.3 is 14.9 Å². The fourth-order valence-corrected chi connectivity index (χ4v) is 3.48. The van der Waals surface area contributed by atoms with Crippen molar-refractivity contribution < 1.29 is 19.7 Å². The van der Waals surface area contributed by atoms with Crippen molar-refractivity contribution in [2.75, 3.05) is 39.8 Å². The number of nitrogens with zero attached hydrogens (tertiary/aromatic N) is 2. The summed E-state index contributed by atoms with van der Waals surface area (Å²) >= 11 is 0. The normalized spacial score (nSPS) is 24.0. The van der Waals surface area contributed by atoms with Gasteiger partial charge in [0.25, 0.3) is 0 Å². The second kappa shape index (κ2) is 6.86. The summed E-state index contributed by atoms with van der Waals surface area (Å²) in [6, 6.07) is 6.24. The molecular formula is C17H24N2O4. The summed E-state index contributed by atoms with van der Waals surface area (Å²) in [6.45, 7) is 2.91. The van der Waals surface area contributed by atoms with E-state index in [1.807, 2.05) is 6.07 Å². The minimum Gasteiger partial charge on any atom is -0.493 e. The van der Waals surface area contributed by atoms with Crippen molar-refractivity contribution >= 4 is 5.97 Å². The van der Waals surface area contributed by atoms with E-state index in [2.05, 4.69) is 17.0 Å². The van der Waals surface area contributed by atoms with Gasteiger partial charge in [0.2, 0.25) is 0 Å².